The molecule has 1 aliphatic rings. The smallest absolute Gasteiger partial charge is 0.270 e. The topological polar surface area (TPSA) is 116 Å². The summed E-state index contributed by atoms with van der Waals surface area (Å²) in [7, 11) is 0. The van der Waals surface area contributed by atoms with E-state index in [1.165, 1.54) is 31.4 Å². The van der Waals surface area contributed by atoms with E-state index in [-0.39, 0.29) is 5.69 Å². The number of aromatic nitrogens is 3. The van der Waals surface area contributed by atoms with Crippen LogP contribution in [0.25, 0.3) is 22.6 Å². The Morgan fingerprint density at radius 3 is 2.81 bits per heavy atom. The van der Waals surface area contributed by atoms with E-state index in [4.69, 9.17) is 9.15 Å². The molecule has 3 heterocycles. The highest BCUT2D eigenvalue weighted by Crippen LogP contribution is 2.40. The average molecular weight is 504 g/mol. The molecule has 0 amide bonds. The van der Waals surface area contributed by atoms with Gasteiger partial charge in [0, 0.05) is 34.7 Å². The molecule has 1 N–H and O–H groups in total. The molecular weight excluding hydrogens is 478 g/mol. The molecule has 10 heteroatoms. The lowest BCUT2D eigenvalue weighted by Gasteiger charge is -2.16. The van der Waals surface area contributed by atoms with Crippen LogP contribution in [-0.4, -0.2) is 25.9 Å². The van der Waals surface area contributed by atoms with Gasteiger partial charge < -0.3 is 14.5 Å². The zero-order chi connectivity index (χ0) is 24.9. The lowest BCUT2D eigenvalue weighted by atomic mass is 10.1. The van der Waals surface area contributed by atoms with Gasteiger partial charge in [-0.3, -0.25) is 10.1 Å². The van der Waals surface area contributed by atoms with Crippen molar-refractivity contribution in [2.24, 2.45) is 0 Å². The van der Waals surface area contributed by atoms with Gasteiger partial charge >= 0.3 is 0 Å². The first-order valence-corrected chi connectivity index (χ1v) is 12.9. The van der Waals surface area contributed by atoms with Crippen molar-refractivity contribution < 1.29 is 14.1 Å². The maximum atomic E-state index is 11.2. The van der Waals surface area contributed by atoms with Crippen LogP contribution >= 0.6 is 11.8 Å². The first kappa shape index (κ1) is 23.8. The number of unbranched alkanes of at least 4 members (excludes halogenated alkanes) is 3. The number of thioether (sulfide) groups is 1. The molecule has 4 aromatic rings. The van der Waals surface area contributed by atoms with Crippen molar-refractivity contribution in [3.63, 3.8) is 0 Å². The van der Waals surface area contributed by atoms with Crippen LogP contribution in [0.2, 0.25) is 0 Å². The van der Waals surface area contributed by atoms with Crippen LogP contribution in [0.4, 0.5) is 11.4 Å². The summed E-state index contributed by atoms with van der Waals surface area (Å²) < 4.78 is 12.4. The van der Waals surface area contributed by atoms with Crippen molar-refractivity contribution in [1.29, 1.82) is 0 Å². The van der Waals surface area contributed by atoms with Crippen molar-refractivity contribution in [2.45, 2.75) is 44.0 Å². The maximum absolute atomic E-state index is 11.2. The molecule has 5 rings (SSSR count). The summed E-state index contributed by atoms with van der Waals surface area (Å²) in [6.07, 6.45) is 4.01. The Hall–Kier alpha value is -3.92. The number of nitrogens with one attached hydrogen (secondary N) is 1. The minimum absolute atomic E-state index is 0.000330. The summed E-state index contributed by atoms with van der Waals surface area (Å²) in [5.41, 5.74) is 2.81. The van der Waals surface area contributed by atoms with Gasteiger partial charge in [0.05, 0.1) is 4.92 Å². The third-order valence-corrected chi connectivity index (χ3v) is 6.71. The van der Waals surface area contributed by atoms with Gasteiger partial charge in [-0.1, -0.05) is 68.3 Å². The van der Waals surface area contributed by atoms with Crippen molar-refractivity contribution in [1.82, 2.24) is 15.2 Å². The number of ether oxygens (including phenoxy) is 1. The molecule has 0 radical (unpaired) electrons. The van der Waals surface area contributed by atoms with Crippen molar-refractivity contribution in [3.8, 4) is 28.5 Å². The Balaban J connectivity index is 1.43. The lowest BCUT2D eigenvalue weighted by Crippen LogP contribution is -2.16. The Bertz CT molecular complexity index is 1380. The summed E-state index contributed by atoms with van der Waals surface area (Å²) in [6.45, 7) is 2.19. The molecular formula is C26H25N5O4S. The van der Waals surface area contributed by atoms with E-state index in [2.05, 4.69) is 27.4 Å². The SMILES string of the molecule is CCCCCCSc1nnc2c(n1)O[C@@H](c1ccc(-c3cccc([N+](=O)[O-])c3)o1)Nc1ccccc1-2. The fraction of sp³-hybridized carbons (Fsp3) is 0.269. The second-order valence-electron chi connectivity index (χ2n) is 8.35. The number of fused-ring (bicyclic) bond motifs is 3. The number of anilines is 1. The highest BCUT2D eigenvalue weighted by molar-refractivity contribution is 7.99. The normalized spacial score (nSPS) is 14.2. The number of nitro groups is 1. The number of non-ortho nitro benzene ring substituents is 1. The van der Waals surface area contributed by atoms with Gasteiger partial charge in [0.25, 0.3) is 5.69 Å². The molecule has 0 aliphatic carbocycles. The Kier molecular flexibility index (Phi) is 7.13. The van der Waals surface area contributed by atoms with E-state index in [9.17, 15) is 10.1 Å². The molecule has 0 spiro atoms. The number of para-hydroxylation sites is 1. The number of hydrogen-bond donors (Lipinski definition) is 1. The standard InChI is InChI=1S/C26H25N5O4S/c1-2-3-4-7-15-36-26-28-25-23(29-30-26)19-11-5-6-12-20(19)27-24(35-25)22-14-13-21(34-22)17-9-8-10-18(16-17)31(32)33/h5-6,8-14,16,24,27H,2-4,7,15H2,1H3/t24-/m0/s1. The minimum atomic E-state index is -0.682. The van der Waals surface area contributed by atoms with E-state index in [1.807, 2.05) is 24.3 Å². The summed E-state index contributed by atoms with van der Waals surface area (Å²) >= 11 is 1.57. The summed E-state index contributed by atoms with van der Waals surface area (Å²) in [5.74, 6) is 2.30. The van der Waals surface area contributed by atoms with Crippen LogP contribution in [0.5, 0.6) is 5.88 Å². The number of rotatable bonds is 9. The zero-order valence-electron chi connectivity index (χ0n) is 19.7. The molecule has 0 fully saturated rings. The minimum Gasteiger partial charge on any atom is -0.455 e. The van der Waals surface area contributed by atoms with Crippen molar-refractivity contribution in [3.05, 3.63) is 76.5 Å². The molecule has 1 atom stereocenters. The second kappa shape index (κ2) is 10.8. The van der Waals surface area contributed by atoms with Gasteiger partial charge in [0.2, 0.25) is 17.3 Å². The molecule has 0 bridgehead atoms. The van der Waals surface area contributed by atoms with Crippen molar-refractivity contribution >= 4 is 23.1 Å². The molecule has 1 aliphatic heterocycles. The highest BCUT2D eigenvalue weighted by Gasteiger charge is 2.28. The molecule has 0 unspecified atom stereocenters. The summed E-state index contributed by atoms with van der Waals surface area (Å²) in [4.78, 5) is 15.4. The van der Waals surface area contributed by atoms with Crippen LogP contribution < -0.4 is 10.1 Å². The number of hydrogen-bond acceptors (Lipinski definition) is 9. The quantitative estimate of drug-likeness (QED) is 0.113. The van der Waals surface area contributed by atoms with Crippen LogP contribution in [-0.2, 0) is 0 Å². The maximum Gasteiger partial charge on any atom is 0.270 e. The second-order valence-corrected chi connectivity index (χ2v) is 9.42. The fourth-order valence-corrected chi connectivity index (χ4v) is 4.73. The lowest BCUT2D eigenvalue weighted by molar-refractivity contribution is -0.384. The Morgan fingerprint density at radius 2 is 1.94 bits per heavy atom. The average Bonchev–Trinajstić information content (AvgIpc) is 3.33. The first-order valence-electron chi connectivity index (χ1n) is 11.9. The largest absolute Gasteiger partial charge is 0.455 e. The Labute approximate surface area is 212 Å². The third kappa shape index (κ3) is 5.18. The van der Waals surface area contributed by atoms with Crippen LogP contribution in [0, 0.1) is 10.1 Å². The molecule has 184 valence electrons. The third-order valence-electron chi connectivity index (χ3n) is 5.79. The van der Waals surface area contributed by atoms with Crippen LogP contribution in [0.1, 0.15) is 44.6 Å². The molecule has 0 saturated heterocycles. The van der Waals surface area contributed by atoms with E-state index >= 15 is 0 Å². The molecule has 2 aromatic heterocycles. The molecule has 9 nitrogen and oxygen atoms in total. The van der Waals surface area contributed by atoms with Crippen molar-refractivity contribution in [2.75, 3.05) is 11.1 Å². The van der Waals surface area contributed by atoms with E-state index in [0.29, 0.717) is 33.8 Å². The van der Waals surface area contributed by atoms with E-state index in [0.717, 1.165) is 23.4 Å². The van der Waals surface area contributed by atoms with Gasteiger partial charge in [-0.2, -0.15) is 4.98 Å². The predicted octanol–water partition coefficient (Wildman–Crippen LogP) is 6.88. The molecule has 2 aromatic carbocycles. The molecule has 36 heavy (non-hydrogen) atoms. The monoisotopic (exact) mass is 503 g/mol. The van der Waals surface area contributed by atoms with Gasteiger partial charge in [0.1, 0.15) is 5.76 Å². The van der Waals surface area contributed by atoms with Crippen LogP contribution in [0.3, 0.4) is 0 Å². The zero-order valence-corrected chi connectivity index (χ0v) is 20.5. The van der Waals surface area contributed by atoms with E-state index in [1.54, 1.807) is 36.0 Å². The van der Waals surface area contributed by atoms with Gasteiger partial charge in [-0.15, -0.1) is 10.2 Å². The van der Waals surface area contributed by atoms with Gasteiger partial charge in [0.15, 0.2) is 11.5 Å². The summed E-state index contributed by atoms with van der Waals surface area (Å²) in [5, 5.41) is 23.9. The highest BCUT2D eigenvalue weighted by atomic mass is 32.2. The van der Waals surface area contributed by atoms with Gasteiger partial charge in [-0.25, -0.2) is 0 Å². The fourth-order valence-electron chi connectivity index (χ4n) is 3.95. The van der Waals surface area contributed by atoms with Crippen LogP contribution in [0.15, 0.2) is 70.2 Å². The molecule has 0 saturated carbocycles. The van der Waals surface area contributed by atoms with Gasteiger partial charge in [-0.05, 0) is 24.6 Å². The number of nitrogens with zero attached hydrogens (tertiary/aromatic N) is 4. The summed E-state index contributed by atoms with van der Waals surface area (Å²) in [6, 6.07) is 17.6. The first-order chi connectivity index (χ1) is 17.6. The number of furan rings is 1. The number of nitro benzene ring substituents is 1. The predicted molar refractivity (Wildman–Crippen MR) is 138 cm³/mol. The van der Waals surface area contributed by atoms with E-state index < -0.39 is 11.2 Å². The Morgan fingerprint density at radius 1 is 1.06 bits per heavy atom. The number of benzene rings is 2.